The van der Waals surface area contributed by atoms with Gasteiger partial charge in [-0.25, -0.2) is 0 Å². The van der Waals surface area contributed by atoms with Gasteiger partial charge in [0.1, 0.15) is 0 Å². The zero-order valence-electron chi connectivity index (χ0n) is 10.2. The number of anilines is 2. The van der Waals surface area contributed by atoms with E-state index in [0.717, 1.165) is 19.5 Å². The van der Waals surface area contributed by atoms with Gasteiger partial charge in [0.15, 0.2) is 0 Å². The summed E-state index contributed by atoms with van der Waals surface area (Å²) in [4.78, 5) is 12.2. The molecule has 0 saturated heterocycles. The molecule has 0 radical (unpaired) electrons. The molecular weight excluding hydrogens is 258 g/mol. The summed E-state index contributed by atoms with van der Waals surface area (Å²) in [7, 11) is 0. The molecule has 0 fully saturated rings. The minimum atomic E-state index is 0.211. The Bertz CT molecular complexity index is 336. The van der Waals surface area contributed by atoms with Gasteiger partial charge in [-0.1, -0.05) is 0 Å². The highest BCUT2D eigenvalue weighted by Crippen LogP contribution is 2.09. The van der Waals surface area contributed by atoms with E-state index < -0.39 is 0 Å². The summed E-state index contributed by atoms with van der Waals surface area (Å²) in [6.45, 7) is 3.59. The molecule has 0 aliphatic carbocycles. The lowest BCUT2D eigenvalue weighted by molar-refractivity contribution is 0.832. The van der Waals surface area contributed by atoms with Gasteiger partial charge in [0, 0.05) is 13.1 Å². The van der Waals surface area contributed by atoms with E-state index in [1.165, 1.54) is 12.2 Å². The maximum absolute atomic E-state index is 5.80. The van der Waals surface area contributed by atoms with Gasteiger partial charge >= 0.3 is 0 Å². The standard InChI is InChI=1S/C10H18ClN5S/c1-3-12-9-14-8(11)15-10(16-9)13-6-4-5-7-17-2/h3-7H2,1-2H3,(H2,12,13,14,15,16). The second-order valence-electron chi connectivity index (χ2n) is 3.41. The topological polar surface area (TPSA) is 62.7 Å². The highest BCUT2D eigenvalue weighted by atomic mass is 35.5. The molecule has 7 heteroatoms. The Morgan fingerprint density at radius 3 is 2.47 bits per heavy atom. The van der Waals surface area contributed by atoms with Crippen molar-refractivity contribution in [3.8, 4) is 0 Å². The van der Waals surface area contributed by atoms with Gasteiger partial charge in [-0.05, 0) is 43.4 Å². The van der Waals surface area contributed by atoms with Crippen LogP contribution in [-0.2, 0) is 0 Å². The van der Waals surface area contributed by atoms with E-state index in [4.69, 9.17) is 11.6 Å². The number of hydrogen-bond donors (Lipinski definition) is 2. The molecule has 1 aromatic heterocycles. The fraction of sp³-hybridized carbons (Fsp3) is 0.700. The predicted molar refractivity (Wildman–Crippen MR) is 75.1 cm³/mol. The third-order valence-corrected chi connectivity index (χ3v) is 2.87. The van der Waals surface area contributed by atoms with Gasteiger partial charge in [0.2, 0.25) is 17.2 Å². The highest BCUT2D eigenvalue weighted by Gasteiger charge is 2.03. The minimum Gasteiger partial charge on any atom is -0.354 e. The van der Waals surface area contributed by atoms with Crippen molar-refractivity contribution in [1.82, 2.24) is 15.0 Å². The third kappa shape index (κ3) is 5.93. The molecule has 0 spiro atoms. The molecule has 0 unspecified atom stereocenters. The number of nitrogens with one attached hydrogen (secondary N) is 2. The first kappa shape index (κ1) is 14.3. The van der Waals surface area contributed by atoms with E-state index in [9.17, 15) is 0 Å². The zero-order chi connectivity index (χ0) is 12.5. The monoisotopic (exact) mass is 275 g/mol. The summed E-state index contributed by atoms with van der Waals surface area (Å²) in [5, 5.41) is 6.37. The van der Waals surface area contributed by atoms with Crippen LogP contribution in [0.4, 0.5) is 11.9 Å². The van der Waals surface area contributed by atoms with E-state index in [2.05, 4.69) is 31.8 Å². The normalized spacial score (nSPS) is 10.3. The second kappa shape index (κ2) is 8.36. The van der Waals surface area contributed by atoms with Gasteiger partial charge < -0.3 is 10.6 Å². The molecule has 17 heavy (non-hydrogen) atoms. The van der Waals surface area contributed by atoms with Crippen LogP contribution < -0.4 is 10.6 Å². The van der Waals surface area contributed by atoms with Crippen molar-refractivity contribution < 1.29 is 0 Å². The molecule has 2 N–H and O–H groups in total. The van der Waals surface area contributed by atoms with E-state index in [0.29, 0.717) is 11.9 Å². The van der Waals surface area contributed by atoms with Crippen LogP contribution in [-0.4, -0.2) is 40.1 Å². The number of halogens is 1. The van der Waals surface area contributed by atoms with E-state index >= 15 is 0 Å². The average Bonchev–Trinajstić information content (AvgIpc) is 2.28. The fourth-order valence-electron chi connectivity index (χ4n) is 1.24. The van der Waals surface area contributed by atoms with Crippen molar-refractivity contribution in [1.29, 1.82) is 0 Å². The molecule has 96 valence electrons. The Morgan fingerprint density at radius 1 is 1.12 bits per heavy atom. The van der Waals surface area contributed by atoms with E-state index in [1.807, 2.05) is 18.7 Å². The largest absolute Gasteiger partial charge is 0.354 e. The number of hydrogen-bond acceptors (Lipinski definition) is 6. The van der Waals surface area contributed by atoms with Crippen molar-refractivity contribution in [2.24, 2.45) is 0 Å². The number of aromatic nitrogens is 3. The van der Waals surface area contributed by atoms with Crippen LogP contribution in [0.5, 0.6) is 0 Å². The van der Waals surface area contributed by atoms with Crippen molar-refractivity contribution in [2.45, 2.75) is 19.8 Å². The summed E-state index contributed by atoms with van der Waals surface area (Å²) in [5.74, 6) is 2.23. The first-order valence-corrected chi connectivity index (χ1v) is 7.41. The van der Waals surface area contributed by atoms with Gasteiger partial charge in [0.05, 0.1) is 0 Å². The Labute approximate surface area is 111 Å². The summed E-state index contributed by atoms with van der Waals surface area (Å²) < 4.78 is 0. The molecule has 0 aliphatic rings. The molecule has 1 rings (SSSR count). The van der Waals surface area contributed by atoms with E-state index in [1.54, 1.807) is 0 Å². The maximum atomic E-state index is 5.80. The molecule has 1 aromatic rings. The van der Waals surface area contributed by atoms with Crippen LogP contribution in [0.2, 0.25) is 5.28 Å². The van der Waals surface area contributed by atoms with Crippen LogP contribution in [0.15, 0.2) is 0 Å². The molecule has 5 nitrogen and oxygen atoms in total. The number of nitrogens with zero attached hydrogens (tertiary/aromatic N) is 3. The number of thioether (sulfide) groups is 1. The lowest BCUT2D eigenvalue weighted by Crippen LogP contribution is -2.10. The fourth-order valence-corrected chi connectivity index (χ4v) is 1.89. The summed E-state index contributed by atoms with van der Waals surface area (Å²) >= 11 is 7.66. The Morgan fingerprint density at radius 2 is 1.82 bits per heavy atom. The summed E-state index contributed by atoms with van der Waals surface area (Å²) in [6.07, 6.45) is 4.40. The van der Waals surface area contributed by atoms with E-state index in [-0.39, 0.29) is 5.28 Å². The molecule has 0 aromatic carbocycles. The van der Waals surface area contributed by atoms with Crippen LogP contribution in [0, 0.1) is 0 Å². The van der Waals surface area contributed by atoms with Crippen molar-refractivity contribution >= 4 is 35.3 Å². The van der Waals surface area contributed by atoms with Gasteiger partial charge in [-0.2, -0.15) is 26.7 Å². The zero-order valence-corrected chi connectivity index (χ0v) is 11.7. The van der Waals surface area contributed by atoms with Crippen molar-refractivity contribution in [3.05, 3.63) is 5.28 Å². The predicted octanol–water partition coefficient (Wildman–Crippen LogP) is 2.51. The van der Waals surface area contributed by atoms with Crippen molar-refractivity contribution in [2.75, 3.05) is 35.7 Å². The average molecular weight is 276 g/mol. The number of unbranched alkanes of at least 4 members (excludes halogenated alkanes) is 1. The summed E-state index contributed by atoms with van der Waals surface area (Å²) in [5.41, 5.74) is 0. The van der Waals surface area contributed by atoms with Gasteiger partial charge in [-0.3, -0.25) is 0 Å². The Hall–Kier alpha value is -0.750. The van der Waals surface area contributed by atoms with Crippen LogP contribution in [0.3, 0.4) is 0 Å². The molecule has 0 bridgehead atoms. The maximum Gasteiger partial charge on any atom is 0.228 e. The van der Waals surface area contributed by atoms with Gasteiger partial charge in [0.25, 0.3) is 0 Å². The molecule has 0 amide bonds. The smallest absolute Gasteiger partial charge is 0.228 e. The quantitative estimate of drug-likeness (QED) is 0.711. The van der Waals surface area contributed by atoms with Crippen LogP contribution in [0.25, 0.3) is 0 Å². The number of rotatable bonds is 8. The first-order valence-electron chi connectivity index (χ1n) is 5.64. The lowest BCUT2D eigenvalue weighted by atomic mass is 10.3. The molecule has 1 heterocycles. The third-order valence-electron chi connectivity index (χ3n) is 2.00. The summed E-state index contributed by atoms with van der Waals surface area (Å²) in [6, 6.07) is 0. The van der Waals surface area contributed by atoms with Crippen molar-refractivity contribution in [3.63, 3.8) is 0 Å². The SMILES string of the molecule is CCNc1nc(Cl)nc(NCCCCSC)n1. The highest BCUT2D eigenvalue weighted by molar-refractivity contribution is 7.98. The second-order valence-corrected chi connectivity index (χ2v) is 4.73. The Kier molecular flexibility index (Phi) is 7.04. The first-order chi connectivity index (χ1) is 8.26. The Balaban J connectivity index is 2.41. The molecular formula is C10H18ClN5S. The van der Waals surface area contributed by atoms with Gasteiger partial charge in [-0.15, -0.1) is 0 Å². The molecule has 0 aliphatic heterocycles. The molecule has 0 saturated carbocycles. The molecule has 0 atom stereocenters. The lowest BCUT2D eigenvalue weighted by Gasteiger charge is -2.06. The van der Waals surface area contributed by atoms with Crippen LogP contribution >= 0.6 is 23.4 Å². The van der Waals surface area contributed by atoms with Crippen LogP contribution in [0.1, 0.15) is 19.8 Å². The minimum absolute atomic E-state index is 0.211.